The number of carbonyl (C=O) groups excluding carboxylic acids is 1. The van der Waals surface area contributed by atoms with Crippen LogP contribution in [0, 0.1) is 12.7 Å². The number of hydrogen-bond acceptors (Lipinski definition) is 3. The minimum Gasteiger partial charge on any atom is -0.468 e. The van der Waals surface area contributed by atoms with Crippen LogP contribution in [0.2, 0.25) is 0 Å². The van der Waals surface area contributed by atoms with Gasteiger partial charge in [-0.3, -0.25) is 15.8 Å². The summed E-state index contributed by atoms with van der Waals surface area (Å²) in [4.78, 5) is 13.8. The van der Waals surface area contributed by atoms with Crippen LogP contribution in [0.1, 0.15) is 13.3 Å². The van der Waals surface area contributed by atoms with Crippen molar-refractivity contribution in [3.63, 3.8) is 0 Å². The quantitative estimate of drug-likeness (QED) is 0.288. The minimum atomic E-state index is -0.306. The van der Waals surface area contributed by atoms with Crippen LogP contribution in [0.4, 0.5) is 0 Å². The van der Waals surface area contributed by atoms with E-state index in [1.165, 1.54) is 18.8 Å². The summed E-state index contributed by atoms with van der Waals surface area (Å²) in [6, 6.07) is -0.306. The third-order valence-corrected chi connectivity index (χ3v) is 3.31. The number of nitrogens with zero attached hydrogens (tertiary/aromatic N) is 1. The number of methoxy groups -OCH3 is 1. The molecule has 0 amide bonds. The van der Waals surface area contributed by atoms with Gasteiger partial charge in [-0.05, 0) is 25.5 Å². The van der Waals surface area contributed by atoms with E-state index in [0.29, 0.717) is 13.1 Å². The van der Waals surface area contributed by atoms with E-state index in [1.54, 1.807) is 12.2 Å². The molecule has 0 aromatic carbocycles. The molecule has 122 valence electrons. The van der Waals surface area contributed by atoms with Crippen LogP contribution in [-0.2, 0) is 30.6 Å². The van der Waals surface area contributed by atoms with Crippen molar-refractivity contribution in [2.75, 3.05) is 20.2 Å². The topological polar surface area (TPSA) is 29.5 Å². The molecule has 1 atom stereocenters. The van der Waals surface area contributed by atoms with Gasteiger partial charge in [-0.1, -0.05) is 30.4 Å². The molecule has 0 heterocycles. The van der Waals surface area contributed by atoms with Crippen LogP contribution in [-0.4, -0.2) is 37.1 Å². The van der Waals surface area contributed by atoms with Gasteiger partial charge in [0.2, 0.25) is 0 Å². The van der Waals surface area contributed by atoms with Crippen LogP contribution in [0.25, 0.3) is 0 Å². The molecule has 1 unspecified atom stereocenters. The normalized spacial score (nSPS) is 15.3. The largest absolute Gasteiger partial charge is 2.00 e. The molecular formula is C19H23NO2W. The van der Waals surface area contributed by atoms with Gasteiger partial charge in [-0.15, -0.1) is 0 Å². The van der Waals surface area contributed by atoms with Crippen LogP contribution >= 0.6 is 0 Å². The van der Waals surface area contributed by atoms with E-state index in [2.05, 4.69) is 30.4 Å². The summed E-state index contributed by atoms with van der Waals surface area (Å²) in [6.45, 7) is 8.38. The molecule has 0 spiro atoms. The molecule has 0 bridgehead atoms. The molecule has 1 aliphatic rings. The Balaban J connectivity index is 0.00000484. The van der Waals surface area contributed by atoms with Crippen molar-refractivity contribution in [3.8, 4) is 0 Å². The van der Waals surface area contributed by atoms with Crippen molar-refractivity contribution in [1.29, 1.82) is 0 Å². The van der Waals surface area contributed by atoms with Crippen molar-refractivity contribution < 1.29 is 30.6 Å². The molecule has 0 aliphatic heterocycles. The zero-order valence-corrected chi connectivity index (χ0v) is 16.6. The second kappa shape index (κ2) is 13.0. The molecule has 1 aliphatic carbocycles. The first-order valence-corrected chi connectivity index (χ1v) is 7.31. The third kappa shape index (κ3) is 8.68. The maximum Gasteiger partial charge on any atom is 2.00 e. The molecule has 0 saturated carbocycles. The summed E-state index contributed by atoms with van der Waals surface area (Å²) in [6.07, 6.45) is 21.1. The second-order valence-electron chi connectivity index (χ2n) is 4.86. The van der Waals surface area contributed by atoms with Gasteiger partial charge in [0.15, 0.2) is 0 Å². The Labute approximate surface area is 154 Å². The predicted molar refractivity (Wildman–Crippen MR) is 89.9 cm³/mol. The monoisotopic (exact) mass is 481 g/mol. The molecule has 0 fully saturated rings. The van der Waals surface area contributed by atoms with Gasteiger partial charge >= 0.3 is 27.0 Å². The average molecular weight is 481 g/mol. The van der Waals surface area contributed by atoms with Crippen molar-refractivity contribution in [3.05, 3.63) is 72.9 Å². The summed E-state index contributed by atoms with van der Waals surface area (Å²) < 4.78 is 4.82. The summed E-state index contributed by atoms with van der Waals surface area (Å²) in [5.74, 6) is -0.238. The van der Waals surface area contributed by atoms with Crippen molar-refractivity contribution in [2.24, 2.45) is 0 Å². The molecule has 0 aromatic heterocycles. The number of rotatable bonds is 9. The van der Waals surface area contributed by atoms with Crippen molar-refractivity contribution in [1.82, 2.24) is 4.90 Å². The van der Waals surface area contributed by atoms with Crippen LogP contribution < -0.4 is 0 Å². The minimum absolute atomic E-state index is 0. The van der Waals surface area contributed by atoms with Crippen LogP contribution in [0.5, 0.6) is 0 Å². The van der Waals surface area contributed by atoms with Gasteiger partial charge in [0.1, 0.15) is 6.04 Å². The first-order valence-electron chi connectivity index (χ1n) is 7.31. The Kier molecular flexibility index (Phi) is 12.2. The number of hydrogen-bond donors (Lipinski definition) is 0. The van der Waals surface area contributed by atoms with Gasteiger partial charge in [0, 0.05) is 6.54 Å². The average Bonchev–Trinajstić information content (AvgIpc) is 3.04. The maximum absolute atomic E-state index is 11.7. The molecule has 3 nitrogen and oxygen atoms in total. The fourth-order valence-electron chi connectivity index (χ4n) is 2.00. The Morgan fingerprint density at radius 2 is 2.22 bits per heavy atom. The Morgan fingerprint density at radius 3 is 2.83 bits per heavy atom. The number of ether oxygens (including phenoxy) is 1. The SMILES string of the molecule is [CH-]=CC=[C-]/C=C/CN(C/C=C/C1=CC=CC1)C(C)C(=O)OC.[W+2]. The molecule has 0 radical (unpaired) electrons. The number of esters is 1. The van der Waals surface area contributed by atoms with Gasteiger partial charge in [-0.2, -0.15) is 12.2 Å². The Bertz CT molecular complexity index is 515. The van der Waals surface area contributed by atoms with Gasteiger partial charge in [0.05, 0.1) is 7.11 Å². The summed E-state index contributed by atoms with van der Waals surface area (Å²) >= 11 is 0. The second-order valence-corrected chi connectivity index (χ2v) is 4.86. The van der Waals surface area contributed by atoms with Crippen LogP contribution in [0.3, 0.4) is 0 Å². The smallest absolute Gasteiger partial charge is 0.468 e. The molecule has 0 saturated heterocycles. The molecule has 1 rings (SSSR count). The molecular weight excluding hydrogens is 458 g/mol. The van der Waals surface area contributed by atoms with E-state index >= 15 is 0 Å². The number of allylic oxidation sites excluding steroid dienone is 9. The van der Waals surface area contributed by atoms with E-state index in [9.17, 15) is 4.79 Å². The zero-order chi connectivity index (χ0) is 16.2. The van der Waals surface area contributed by atoms with Crippen molar-refractivity contribution >= 4 is 5.97 Å². The number of carbonyl (C=O) groups is 1. The standard InChI is InChI=1S/C19H23NO2.W/c1-4-5-6-7-10-15-20(17(2)19(21)22-3)16-11-14-18-12-8-9-13-18;/h1,4-5,7-12,14,17H,13,15-16H2,2-3H3;/q-2;+2/b10-7+,14-11+;. The predicted octanol–water partition coefficient (Wildman–Crippen LogP) is 3.19. The molecule has 0 aromatic rings. The summed E-state index contributed by atoms with van der Waals surface area (Å²) in [5.41, 5.74) is 1.27. The Morgan fingerprint density at radius 1 is 1.48 bits per heavy atom. The molecule has 23 heavy (non-hydrogen) atoms. The van der Waals surface area contributed by atoms with E-state index < -0.39 is 0 Å². The summed E-state index contributed by atoms with van der Waals surface area (Å²) in [7, 11) is 1.41. The third-order valence-electron chi connectivity index (χ3n) is 3.31. The molecule has 4 heteroatoms. The first-order chi connectivity index (χ1) is 10.7. The van der Waals surface area contributed by atoms with Gasteiger partial charge < -0.3 is 23.5 Å². The maximum atomic E-state index is 11.7. The van der Waals surface area contributed by atoms with Gasteiger partial charge in [-0.25, -0.2) is 0 Å². The van der Waals surface area contributed by atoms with Gasteiger partial charge in [0.25, 0.3) is 0 Å². The Hall–Kier alpha value is -1.44. The van der Waals surface area contributed by atoms with E-state index in [0.717, 1.165) is 6.42 Å². The first kappa shape index (κ1) is 21.6. The van der Waals surface area contributed by atoms with E-state index in [-0.39, 0.29) is 33.1 Å². The molecule has 0 N–H and O–H groups in total. The van der Waals surface area contributed by atoms with E-state index in [4.69, 9.17) is 11.3 Å². The van der Waals surface area contributed by atoms with Crippen molar-refractivity contribution in [2.45, 2.75) is 19.4 Å². The fourth-order valence-corrected chi connectivity index (χ4v) is 2.00. The summed E-state index contributed by atoms with van der Waals surface area (Å²) in [5, 5.41) is 0. The van der Waals surface area contributed by atoms with E-state index in [1.807, 2.05) is 24.0 Å². The fraction of sp³-hybridized carbons (Fsp3) is 0.316. The van der Waals surface area contributed by atoms with Crippen LogP contribution in [0.15, 0.2) is 60.3 Å². The zero-order valence-electron chi connectivity index (χ0n) is 13.6.